The standard InChI is InChI=1S/C47H60FN5O10S/c1-26(2)61-32-15-13-29(14-16-32)37-20-30-21-39(60-8)36(48)23-35(30)42(49-37)62-33-22-38-41(54)51-47(44(56)52-64(58,59)34-17-18-34)24-31(47)12-10-9-11-27(3)19-28(4)40(43(55)53(38)25-33)50-45(57)63-46(5,6)7/h10,12-16,20-21,23,26-28,31,33-34,38,40H,9,11,17-19,22,24-25H2,1-8H3,(H,50,57)(H,51,54)(H,52,56). The van der Waals surface area contributed by atoms with Crippen LogP contribution in [0.3, 0.4) is 0 Å². The molecule has 4 aliphatic rings. The summed E-state index contributed by atoms with van der Waals surface area (Å²) in [6.45, 7) is 12.8. The molecule has 2 aliphatic heterocycles. The SMILES string of the molecule is COc1cc2cc(-c3ccc(OC(C)C)cc3)nc(OC3CC4C(=O)NC5(C(=O)NS(=O)(=O)C6CC6)CC5C=CCCC(C)CC(C)C(NC(=O)OC(C)(C)C)C(=O)N4C3)c2cc1F. The largest absolute Gasteiger partial charge is 0.494 e. The molecular formula is C47H60FN5O10S. The van der Waals surface area contributed by atoms with Crippen LogP contribution in [-0.4, -0.2) is 96.5 Å². The van der Waals surface area contributed by atoms with Crippen molar-refractivity contribution in [1.82, 2.24) is 25.2 Å². The number of hydrogen-bond acceptors (Lipinski definition) is 11. The number of carbonyl (C=O) groups excluding carboxylic acids is 4. The van der Waals surface area contributed by atoms with Crippen LogP contribution in [-0.2, 0) is 29.1 Å². The minimum Gasteiger partial charge on any atom is -0.494 e. The molecule has 3 fully saturated rings. The lowest BCUT2D eigenvalue weighted by molar-refractivity contribution is -0.142. The second-order valence-corrected chi connectivity index (χ2v) is 21.0. The molecule has 3 heterocycles. The molecule has 3 aromatic rings. The topological polar surface area (TPSA) is 192 Å². The molecule has 2 saturated carbocycles. The molecule has 2 aliphatic carbocycles. The van der Waals surface area contributed by atoms with Gasteiger partial charge >= 0.3 is 6.09 Å². The first-order chi connectivity index (χ1) is 30.2. The Labute approximate surface area is 374 Å². The third-order valence-corrected chi connectivity index (χ3v) is 14.0. The van der Waals surface area contributed by atoms with E-state index in [1.54, 1.807) is 26.8 Å². The zero-order valence-electron chi connectivity index (χ0n) is 37.7. The average Bonchev–Trinajstić information content (AvgIpc) is 4.14. The van der Waals surface area contributed by atoms with E-state index in [9.17, 15) is 22.8 Å². The number of allylic oxidation sites excluding steroid dienone is 1. The number of alkyl carbamates (subject to hydrolysis) is 1. The van der Waals surface area contributed by atoms with Crippen LogP contribution >= 0.6 is 0 Å². The number of ether oxygens (including phenoxy) is 4. The summed E-state index contributed by atoms with van der Waals surface area (Å²) >= 11 is 0. The highest BCUT2D eigenvalue weighted by molar-refractivity contribution is 7.91. The van der Waals surface area contributed by atoms with E-state index < -0.39 is 86.1 Å². The summed E-state index contributed by atoms with van der Waals surface area (Å²) in [4.78, 5) is 63.2. The van der Waals surface area contributed by atoms with E-state index in [0.29, 0.717) is 53.5 Å². The monoisotopic (exact) mass is 905 g/mol. The van der Waals surface area contributed by atoms with Gasteiger partial charge in [0.2, 0.25) is 27.7 Å². The number of nitrogens with zero attached hydrogens (tertiary/aromatic N) is 2. The Morgan fingerprint density at radius 2 is 1.75 bits per heavy atom. The van der Waals surface area contributed by atoms with Crippen LogP contribution in [0.15, 0.2) is 54.6 Å². The number of amides is 4. The number of hydrogen-bond donors (Lipinski definition) is 3. The summed E-state index contributed by atoms with van der Waals surface area (Å²) < 4.78 is 67.0. The normalized spacial score (nSPS) is 26.5. The van der Waals surface area contributed by atoms with Gasteiger partial charge in [-0.3, -0.25) is 19.1 Å². The highest BCUT2D eigenvalue weighted by atomic mass is 32.2. The molecule has 0 bridgehead atoms. The zero-order valence-corrected chi connectivity index (χ0v) is 38.6. The van der Waals surface area contributed by atoms with Gasteiger partial charge in [0.1, 0.15) is 35.1 Å². The molecule has 3 N–H and O–H groups in total. The Balaban J connectivity index is 1.27. The van der Waals surface area contributed by atoms with Crippen LogP contribution < -0.4 is 29.6 Å². The molecule has 7 rings (SSSR count). The van der Waals surface area contributed by atoms with Gasteiger partial charge in [0.15, 0.2) is 11.6 Å². The van der Waals surface area contributed by atoms with Crippen molar-refractivity contribution in [2.45, 2.75) is 134 Å². The van der Waals surface area contributed by atoms with E-state index in [2.05, 4.69) is 22.3 Å². The van der Waals surface area contributed by atoms with Crippen LogP contribution in [0.2, 0.25) is 0 Å². The van der Waals surface area contributed by atoms with Gasteiger partial charge in [-0.15, -0.1) is 0 Å². The molecule has 1 aromatic heterocycles. The molecule has 2 aromatic carbocycles. The number of nitrogens with one attached hydrogen (secondary N) is 3. The Hall–Kier alpha value is -5.45. The first-order valence-electron chi connectivity index (χ1n) is 22.1. The molecule has 346 valence electrons. The Kier molecular flexibility index (Phi) is 13.2. The average molecular weight is 906 g/mol. The minimum absolute atomic E-state index is 0.00778. The van der Waals surface area contributed by atoms with Crippen LogP contribution in [0.5, 0.6) is 17.4 Å². The molecule has 64 heavy (non-hydrogen) atoms. The third-order valence-electron chi connectivity index (χ3n) is 12.2. The Bertz CT molecular complexity index is 2420. The van der Waals surface area contributed by atoms with E-state index in [0.717, 1.165) is 6.42 Å². The fourth-order valence-electron chi connectivity index (χ4n) is 8.68. The molecule has 0 radical (unpaired) electrons. The number of pyridine rings is 1. The second kappa shape index (κ2) is 18.2. The van der Waals surface area contributed by atoms with E-state index in [1.807, 2.05) is 57.2 Å². The summed E-state index contributed by atoms with van der Waals surface area (Å²) in [5.74, 6) is -2.86. The molecular weight excluding hydrogens is 846 g/mol. The van der Waals surface area contributed by atoms with Gasteiger partial charge in [0.25, 0.3) is 5.91 Å². The Morgan fingerprint density at radius 3 is 2.41 bits per heavy atom. The highest BCUT2D eigenvalue weighted by Crippen LogP contribution is 2.46. The summed E-state index contributed by atoms with van der Waals surface area (Å²) in [6, 6.07) is 9.52. The van der Waals surface area contributed by atoms with Crippen molar-refractivity contribution in [2.24, 2.45) is 17.8 Å². The lowest BCUT2D eigenvalue weighted by atomic mass is 9.88. The third kappa shape index (κ3) is 10.6. The number of aromatic nitrogens is 1. The molecule has 17 heteroatoms. The molecule has 7 atom stereocenters. The van der Waals surface area contributed by atoms with Crippen molar-refractivity contribution >= 4 is 44.6 Å². The predicted octanol–water partition coefficient (Wildman–Crippen LogP) is 6.57. The smallest absolute Gasteiger partial charge is 0.408 e. The Morgan fingerprint density at radius 1 is 1.03 bits per heavy atom. The van der Waals surface area contributed by atoms with Crippen molar-refractivity contribution in [3.8, 4) is 28.6 Å². The van der Waals surface area contributed by atoms with Crippen LogP contribution in [0.4, 0.5) is 9.18 Å². The second-order valence-electron chi connectivity index (χ2n) is 19.1. The fraction of sp³-hybridized carbons (Fsp3) is 0.553. The molecule has 0 spiro atoms. The number of methoxy groups -OCH3 is 1. The van der Waals surface area contributed by atoms with Crippen LogP contribution in [0, 0.1) is 23.6 Å². The number of rotatable bonds is 10. The minimum atomic E-state index is -3.96. The van der Waals surface area contributed by atoms with Gasteiger partial charge in [0.05, 0.1) is 30.7 Å². The summed E-state index contributed by atoms with van der Waals surface area (Å²) in [6.07, 6.45) is 4.89. The summed E-state index contributed by atoms with van der Waals surface area (Å²) in [5, 5.41) is 5.87. The van der Waals surface area contributed by atoms with Gasteiger partial charge in [-0.05, 0) is 133 Å². The van der Waals surface area contributed by atoms with Gasteiger partial charge in [-0.25, -0.2) is 22.6 Å². The van der Waals surface area contributed by atoms with E-state index >= 15 is 9.18 Å². The first kappa shape index (κ1) is 46.5. The first-order valence-corrected chi connectivity index (χ1v) is 23.7. The van der Waals surface area contributed by atoms with Crippen LogP contribution in [0.1, 0.15) is 93.4 Å². The van der Waals surface area contributed by atoms with Gasteiger partial charge < -0.3 is 34.5 Å². The van der Waals surface area contributed by atoms with E-state index in [1.165, 1.54) is 24.1 Å². The molecule has 7 unspecified atom stereocenters. The summed E-state index contributed by atoms with van der Waals surface area (Å²) in [5.41, 5.74) is -1.26. The summed E-state index contributed by atoms with van der Waals surface area (Å²) in [7, 11) is -2.60. The fourth-order valence-corrected chi connectivity index (χ4v) is 10.0. The predicted molar refractivity (Wildman–Crippen MR) is 238 cm³/mol. The van der Waals surface area contributed by atoms with Crippen LogP contribution in [0.25, 0.3) is 22.0 Å². The molecule has 4 amide bonds. The maximum absolute atomic E-state index is 15.4. The number of fused-ring (bicyclic) bond motifs is 3. The van der Waals surface area contributed by atoms with Gasteiger partial charge in [0, 0.05) is 23.3 Å². The highest BCUT2D eigenvalue weighted by Gasteiger charge is 2.62. The van der Waals surface area contributed by atoms with Crippen molar-refractivity contribution in [3.63, 3.8) is 0 Å². The van der Waals surface area contributed by atoms with E-state index in [-0.39, 0.29) is 43.0 Å². The van der Waals surface area contributed by atoms with Crippen molar-refractivity contribution in [3.05, 3.63) is 60.4 Å². The zero-order chi connectivity index (χ0) is 46.3. The van der Waals surface area contributed by atoms with Gasteiger partial charge in [-0.2, -0.15) is 0 Å². The van der Waals surface area contributed by atoms with E-state index in [4.69, 9.17) is 23.9 Å². The lowest BCUT2D eigenvalue weighted by Crippen LogP contribution is -2.59. The molecule has 1 saturated heterocycles. The number of sulfonamides is 1. The maximum atomic E-state index is 15.4. The maximum Gasteiger partial charge on any atom is 0.408 e. The van der Waals surface area contributed by atoms with Crippen molar-refractivity contribution < 1.29 is 50.9 Å². The van der Waals surface area contributed by atoms with Crippen molar-refractivity contribution in [2.75, 3.05) is 13.7 Å². The number of halogens is 1. The van der Waals surface area contributed by atoms with Crippen molar-refractivity contribution in [1.29, 1.82) is 0 Å². The number of carbonyl (C=O) groups is 4. The quantitative estimate of drug-likeness (QED) is 0.187. The number of benzene rings is 2. The van der Waals surface area contributed by atoms with Gasteiger partial charge in [-0.1, -0.05) is 26.0 Å². The lowest BCUT2D eigenvalue weighted by Gasteiger charge is -2.33. The molecule has 15 nitrogen and oxygen atoms in total.